The van der Waals surface area contributed by atoms with Crippen LogP contribution in [0.4, 0.5) is 20.2 Å². The molecule has 1 aromatic heterocycles. The lowest BCUT2D eigenvalue weighted by Crippen LogP contribution is -2.39. The monoisotopic (exact) mass is 455 g/mol. The van der Waals surface area contributed by atoms with Crippen LogP contribution in [0.2, 0.25) is 0 Å². The van der Waals surface area contributed by atoms with Crippen LogP contribution < -0.4 is 21.9 Å². The maximum Gasteiger partial charge on any atom is 0.276 e. The molecular weight excluding hydrogens is 432 g/mol. The number of rotatable bonds is 9. The molecule has 8 nitrogen and oxygen atoms in total. The summed E-state index contributed by atoms with van der Waals surface area (Å²) in [6.07, 6.45) is 0.0314. The zero-order valence-corrected chi connectivity index (χ0v) is 17.8. The molecule has 1 unspecified atom stereocenters. The third-order valence-corrected chi connectivity index (χ3v) is 4.72. The number of halogens is 2. The molecule has 33 heavy (non-hydrogen) atoms. The van der Waals surface area contributed by atoms with E-state index in [1.165, 1.54) is 6.20 Å². The first-order chi connectivity index (χ1) is 15.8. The molecule has 3 aromatic rings. The highest BCUT2D eigenvalue weighted by atomic mass is 19.1. The van der Waals surface area contributed by atoms with Crippen molar-refractivity contribution in [3.63, 3.8) is 0 Å². The minimum atomic E-state index is -1.36. The van der Waals surface area contributed by atoms with Crippen LogP contribution in [-0.4, -0.2) is 22.9 Å². The molecule has 0 aliphatic rings. The number of para-hydroxylation sites is 1. The molecule has 0 aliphatic carbocycles. The van der Waals surface area contributed by atoms with Crippen LogP contribution >= 0.6 is 0 Å². The average Bonchev–Trinajstić information content (AvgIpc) is 2.79. The number of nitrogen functional groups attached to an aromatic ring is 1. The fraction of sp³-hybridized carbons (Fsp3) is 0.174. The summed E-state index contributed by atoms with van der Waals surface area (Å²) in [5.41, 5.74) is 5.14. The Morgan fingerprint density at radius 2 is 1.82 bits per heavy atom. The number of pyridine rings is 1. The number of ether oxygens (including phenoxy) is 1. The highest BCUT2D eigenvalue weighted by Gasteiger charge is 2.23. The Morgan fingerprint density at radius 3 is 2.42 bits per heavy atom. The van der Waals surface area contributed by atoms with E-state index in [1.54, 1.807) is 31.2 Å². The minimum absolute atomic E-state index is 0.108. The number of amidine groups is 1. The summed E-state index contributed by atoms with van der Waals surface area (Å²) in [5.74, 6) is -3.16. The third-order valence-electron chi connectivity index (χ3n) is 4.72. The standard InChI is InChI=1S/C23H23F2N5O3/c1-2-33-23(21(31)28-13-16-17(24)11-14(20(26)27)12-18(16)25)30-10-6-9-19(22(30)32)29-15-7-4-3-5-8-15/h3-12,23,29H,2,13H2,1H3,(H3,26,27)(H,28,31). The summed E-state index contributed by atoms with van der Waals surface area (Å²) < 4.78 is 35.1. The Hall–Kier alpha value is -4.05. The van der Waals surface area contributed by atoms with Gasteiger partial charge in [-0.25, -0.2) is 8.78 Å². The predicted octanol–water partition coefficient (Wildman–Crippen LogP) is 3.01. The molecule has 0 spiro atoms. The number of carbonyl (C=O) groups excluding carboxylic acids is 1. The largest absolute Gasteiger partial charge is 0.384 e. The summed E-state index contributed by atoms with van der Waals surface area (Å²) in [7, 11) is 0. The maximum absolute atomic E-state index is 14.3. The van der Waals surface area contributed by atoms with Gasteiger partial charge >= 0.3 is 0 Å². The van der Waals surface area contributed by atoms with Crippen molar-refractivity contribution >= 4 is 23.1 Å². The summed E-state index contributed by atoms with van der Waals surface area (Å²) in [5, 5.41) is 12.7. The highest BCUT2D eigenvalue weighted by Crippen LogP contribution is 2.17. The molecule has 0 saturated heterocycles. The van der Waals surface area contributed by atoms with Crippen LogP contribution in [0, 0.1) is 17.0 Å². The van der Waals surface area contributed by atoms with Gasteiger partial charge in [0.15, 0.2) is 0 Å². The van der Waals surface area contributed by atoms with Crippen molar-refractivity contribution in [3.8, 4) is 0 Å². The average molecular weight is 455 g/mol. The second-order valence-corrected chi connectivity index (χ2v) is 6.98. The Kier molecular flexibility index (Phi) is 7.52. The van der Waals surface area contributed by atoms with E-state index in [9.17, 15) is 18.4 Å². The Bertz CT molecular complexity index is 1190. The van der Waals surface area contributed by atoms with Crippen LogP contribution in [-0.2, 0) is 16.1 Å². The van der Waals surface area contributed by atoms with Gasteiger partial charge in [0, 0.05) is 36.2 Å². The van der Waals surface area contributed by atoms with Crippen molar-refractivity contribution in [1.29, 1.82) is 5.41 Å². The SMILES string of the molecule is CCOC(C(=O)NCc1c(F)cc(C(=N)N)cc1F)n1cccc(Nc2ccccc2)c1=O. The van der Waals surface area contributed by atoms with Crippen LogP contribution in [0.1, 0.15) is 24.3 Å². The third kappa shape index (κ3) is 5.60. The van der Waals surface area contributed by atoms with E-state index in [0.29, 0.717) is 5.69 Å². The number of hydrogen-bond acceptors (Lipinski definition) is 5. The zero-order valence-electron chi connectivity index (χ0n) is 17.8. The van der Waals surface area contributed by atoms with E-state index in [4.69, 9.17) is 15.9 Å². The van der Waals surface area contributed by atoms with E-state index < -0.39 is 47.3 Å². The molecule has 0 aliphatic heterocycles. The fourth-order valence-corrected chi connectivity index (χ4v) is 3.10. The molecule has 1 atom stereocenters. The smallest absolute Gasteiger partial charge is 0.276 e. The van der Waals surface area contributed by atoms with Crippen LogP contribution in [0.25, 0.3) is 0 Å². The molecular formula is C23H23F2N5O3. The first kappa shape index (κ1) is 23.6. The predicted molar refractivity (Wildman–Crippen MR) is 120 cm³/mol. The number of anilines is 2. The van der Waals surface area contributed by atoms with Gasteiger partial charge in [-0.15, -0.1) is 0 Å². The van der Waals surface area contributed by atoms with E-state index in [1.807, 2.05) is 18.2 Å². The Balaban J connectivity index is 1.82. The van der Waals surface area contributed by atoms with Gasteiger partial charge < -0.3 is 21.1 Å². The molecule has 3 rings (SSSR count). The van der Waals surface area contributed by atoms with Crippen molar-refractivity contribution < 1.29 is 18.3 Å². The normalized spacial score (nSPS) is 11.6. The number of hydrogen-bond donors (Lipinski definition) is 4. The molecule has 1 heterocycles. The van der Waals surface area contributed by atoms with Crippen LogP contribution in [0.5, 0.6) is 0 Å². The van der Waals surface area contributed by atoms with E-state index in [-0.39, 0.29) is 17.9 Å². The maximum atomic E-state index is 14.3. The number of nitrogens with zero attached hydrogens (tertiary/aromatic N) is 1. The molecule has 2 aromatic carbocycles. The van der Waals surface area contributed by atoms with Gasteiger partial charge in [-0.3, -0.25) is 19.6 Å². The molecule has 0 fully saturated rings. The quantitative estimate of drug-likeness (QED) is 0.292. The molecule has 5 N–H and O–H groups in total. The molecule has 10 heteroatoms. The first-order valence-electron chi connectivity index (χ1n) is 10.1. The number of amides is 1. The number of aromatic nitrogens is 1. The fourth-order valence-electron chi connectivity index (χ4n) is 3.10. The lowest BCUT2D eigenvalue weighted by atomic mass is 10.1. The van der Waals surface area contributed by atoms with Crippen molar-refractivity contribution in [2.45, 2.75) is 19.7 Å². The summed E-state index contributed by atoms with van der Waals surface area (Å²) in [4.78, 5) is 25.8. The lowest BCUT2D eigenvalue weighted by molar-refractivity contribution is -0.139. The first-order valence-corrected chi connectivity index (χ1v) is 10.1. The summed E-state index contributed by atoms with van der Waals surface area (Å²) in [6, 6.07) is 14.0. The van der Waals surface area contributed by atoms with Gasteiger partial charge in [-0.2, -0.15) is 0 Å². The van der Waals surface area contributed by atoms with Gasteiger partial charge in [0.05, 0.1) is 0 Å². The highest BCUT2D eigenvalue weighted by molar-refractivity contribution is 5.95. The van der Waals surface area contributed by atoms with E-state index in [0.717, 1.165) is 16.7 Å². The number of nitrogens with two attached hydrogens (primary N) is 1. The second-order valence-electron chi connectivity index (χ2n) is 6.98. The van der Waals surface area contributed by atoms with Crippen molar-refractivity contribution in [2.75, 3.05) is 11.9 Å². The molecule has 0 radical (unpaired) electrons. The Labute approximate surface area is 188 Å². The van der Waals surface area contributed by atoms with Gasteiger partial charge in [0.25, 0.3) is 11.5 Å². The van der Waals surface area contributed by atoms with Crippen molar-refractivity contribution in [1.82, 2.24) is 9.88 Å². The minimum Gasteiger partial charge on any atom is -0.384 e. The molecule has 0 bridgehead atoms. The summed E-state index contributed by atoms with van der Waals surface area (Å²) in [6.45, 7) is 1.27. The molecule has 172 valence electrons. The topological polar surface area (TPSA) is 122 Å². The summed E-state index contributed by atoms with van der Waals surface area (Å²) >= 11 is 0. The van der Waals surface area contributed by atoms with Gasteiger partial charge in [0.1, 0.15) is 23.2 Å². The van der Waals surface area contributed by atoms with Gasteiger partial charge in [0.2, 0.25) is 6.23 Å². The number of benzene rings is 2. The zero-order chi connectivity index (χ0) is 24.0. The van der Waals surface area contributed by atoms with Crippen LogP contribution in [0.3, 0.4) is 0 Å². The lowest BCUT2D eigenvalue weighted by Gasteiger charge is -2.20. The van der Waals surface area contributed by atoms with Crippen LogP contribution in [0.15, 0.2) is 65.6 Å². The number of carbonyl (C=O) groups is 1. The van der Waals surface area contributed by atoms with Crippen molar-refractivity contribution in [3.05, 3.63) is 93.9 Å². The molecule has 0 saturated carbocycles. The van der Waals surface area contributed by atoms with Gasteiger partial charge in [-0.05, 0) is 43.3 Å². The van der Waals surface area contributed by atoms with E-state index in [2.05, 4.69) is 10.6 Å². The Morgan fingerprint density at radius 1 is 1.15 bits per heavy atom. The second kappa shape index (κ2) is 10.5. The van der Waals surface area contributed by atoms with Gasteiger partial charge in [-0.1, -0.05) is 18.2 Å². The molecule has 1 amide bonds. The number of nitrogens with one attached hydrogen (secondary N) is 3. The van der Waals surface area contributed by atoms with Crippen molar-refractivity contribution in [2.24, 2.45) is 5.73 Å². The van der Waals surface area contributed by atoms with E-state index >= 15 is 0 Å².